The fourth-order valence-electron chi connectivity index (χ4n) is 1.69. The minimum atomic E-state index is 0.204. The number of hydrogen-bond donors (Lipinski definition) is 1. The second kappa shape index (κ2) is 7.15. The third-order valence-electron chi connectivity index (χ3n) is 2.64. The lowest BCUT2D eigenvalue weighted by Gasteiger charge is -2.08. The van der Waals surface area contributed by atoms with Gasteiger partial charge < -0.3 is 9.46 Å². The summed E-state index contributed by atoms with van der Waals surface area (Å²) in [6, 6.07) is 21.1. The van der Waals surface area contributed by atoms with E-state index in [9.17, 15) is 0 Å². The van der Waals surface area contributed by atoms with Crippen LogP contribution in [-0.4, -0.2) is 9.97 Å². The van der Waals surface area contributed by atoms with Gasteiger partial charge in [0, 0.05) is 11.0 Å². The Morgan fingerprint density at radius 2 is 1.59 bits per heavy atom. The third kappa shape index (κ3) is 4.13. The largest absolute Gasteiger partial charge is 0.424 e. The minimum Gasteiger partial charge on any atom is -0.424 e. The van der Waals surface area contributed by atoms with Crippen molar-refractivity contribution in [2.45, 2.75) is 4.90 Å². The number of benzene rings is 2. The zero-order valence-corrected chi connectivity index (χ0v) is 13.0. The molecule has 0 unspecified atom stereocenters. The normalized spacial score (nSPS) is 10.2. The van der Waals surface area contributed by atoms with Gasteiger partial charge in [0.15, 0.2) is 0 Å². The Labute approximate surface area is 137 Å². The van der Waals surface area contributed by atoms with Gasteiger partial charge >= 0.3 is 6.01 Å². The third-order valence-corrected chi connectivity index (χ3v) is 3.66. The minimum absolute atomic E-state index is 0.204. The second-order valence-corrected chi connectivity index (χ2v) is 5.56. The number of aromatic nitrogens is 2. The maximum atomic E-state index is 6.02. The quantitative estimate of drug-likeness (QED) is 0.524. The summed E-state index contributed by atoms with van der Waals surface area (Å²) in [5.74, 6) is 1.24. The number of rotatable bonds is 5. The molecule has 0 aliphatic heterocycles. The Balaban J connectivity index is 1.72. The molecule has 0 bridgehead atoms. The summed E-state index contributed by atoms with van der Waals surface area (Å²) in [7, 11) is 0. The van der Waals surface area contributed by atoms with Crippen LogP contribution in [0.4, 0.5) is 5.82 Å². The van der Waals surface area contributed by atoms with E-state index >= 15 is 0 Å². The highest BCUT2D eigenvalue weighted by molar-refractivity contribution is 8.00. The van der Waals surface area contributed by atoms with Crippen molar-refractivity contribution in [1.82, 2.24) is 9.97 Å². The molecule has 0 aliphatic rings. The number of para-hydroxylation sites is 1. The highest BCUT2D eigenvalue weighted by Gasteiger charge is 2.06. The molecule has 4 nitrogen and oxygen atoms in total. The van der Waals surface area contributed by atoms with Gasteiger partial charge in [0.1, 0.15) is 16.7 Å². The van der Waals surface area contributed by atoms with E-state index in [0.29, 0.717) is 16.7 Å². The Hall–Kier alpha value is -2.24. The van der Waals surface area contributed by atoms with Crippen molar-refractivity contribution < 1.29 is 4.74 Å². The molecule has 0 saturated carbocycles. The fourth-order valence-corrected chi connectivity index (χ4v) is 2.48. The molecule has 0 radical (unpaired) electrons. The predicted octanol–water partition coefficient (Wildman–Crippen LogP) is 5.04. The van der Waals surface area contributed by atoms with Crippen molar-refractivity contribution in [3.63, 3.8) is 0 Å². The first kappa shape index (κ1) is 14.7. The van der Waals surface area contributed by atoms with Crippen LogP contribution in [0.2, 0.25) is 5.15 Å². The Kier molecular flexibility index (Phi) is 4.78. The standard InChI is InChI=1S/C16H12ClN3OS/c17-14-11-15(20-22-13-9-5-2-6-10-13)19-16(18-14)21-12-7-3-1-4-8-12/h1-11H,(H,18,19,20). The number of hydrogen-bond acceptors (Lipinski definition) is 5. The van der Waals surface area contributed by atoms with Gasteiger partial charge in [-0.25, -0.2) is 0 Å². The topological polar surface area (TPSA) is 47.0 Å². The van der Waals surface area contributed by atoms with Crippen LogP contribution in [-0.2, 0) is 0 Å². The molecular formula is C16H12ClN3OS. The molecule has 1 aromatic heterocycles. The number of halogens is 1. The van der Waals surface area contributed by atoms with Gasteiger partial charge in [0.2, 0.25) is 0 Å². The van der Waals surface area contributed by atoms with E-state index in [1.807, 2.05) is 60.7 Å². The van der Waals surface area contributed by atoms with E-state index in [1.54, 1.807) is 6.07 Å². The molecule has 1 heterocycles. The van der Waals surface area contributed by atoms with Crippen LogP contribution >= 0.6 is 23.5 Å². The van der Waals surface area contributed by atoms with Crippen molar-refractivity contribution in [1.29, 1.82) is 0 Å². The Bertz CT molecular complexity index is 741. The summed E-state index contributed by atoms with van der Waals surface area (Å²) in [5.41, 5.74) is 0. The second-order valence-electron chi connectivity index (χ2n) is 4.29. The van der Waals surface area contributed by atoms with Gasteiger partial charge in [-0.15, -0.1) is 0 Å². The Morgan fingerprint density at radius 1 is 0.909 bits per heavy atom. The van der Waals surface area contributed by atoms with Crippen molar-refractivity contribution in [2.24, 2.45) is 0 Å². The molecule has 22 heavy (non-hydrogen) atoms. The maximum Gasteiger partial charge on any atom is 0.325 e. The Morgan fingerprint density at radius 3 is 2.32 bits per heavy atom. The van der Waals surface area contributed by atoms with Crippen LogP contribution in [0.3, 0.4) is 0 Å². The van der Waals surface area contributed by atoms with Crippen LogP contribution < -0.4 is 9.46 Å². The van der Waals surface area contributed by atoms with Gasteiger partial charge in [-0.3, -0.25) is 0 Å². The number of anilines is 1. The summed E-state index contributed by atoms with van der Waals surface area (Å²) in [5, 5.41) is 0.317. The summed E-state index contributed by atoms with van der Waals surface area (Å²) in [6.07, 6.45) is 0. The number of nitrogens with one attached hydrogen (secondary N) is 1. The molecular weight excluding hydrogens is 318 g/mol. The fraction of sp³-hybridized carbons (Fsp3) is 0. The van der Waals surface area contributed by atoms with Gasteiger partial charge in [0.25, 0.3) is 0 Å². The van der Waals surface area contributed by atoms with E-state index in [2.05, 4.69) is 14.7 Å². The highest BCUT2D eigenvalue weighted by Crippen LogP contribution is 2.24. The van der Waals surface area contributed by atoms with Crippen LogP contribution in [0.25, 0.3) is 0 Å². The average Bonchev–Trinajstić information content (AvgIpc) is 2.54. The van der Waals surface area contributed by atoms with Gasteiger partial charge in [-0.2, -0.15) is 9.97 Å². The molecule has 1 N–H and O–H groups in total. The summed E-state index contributed by atoms with van der Waals surface area (Å²) in [4.78, 5) is 9.43. The first-order chi connectivity index (χ1) is 10.8. The van der Waals surface area contributed by atoms with Crippen LogP contribution in [0.5, 0.6) is 11.8 Å². The van der Waals surface area contributed by atoms with Gasteiger partial charge in [-0.1, -0.05) is 48.0 Å². The van der Waals surface area contributed by atoms with Gasteiger partial charge in [-0.05, 0) is 36.2 Å². The number of ether oxygens (including phenoxy) is 1. The van der Waals surface area contributed by atoms with Gasteiger partial charge in [0.05, 0.1) is 0 Å². The molecule has 0 spiro atoms. The van der Waals surface area contributed by atoms with Crippen molar-refractivity contribution >= 4 is 29.4 Å². The molecule has 0 fully saturated rings. The molecule has 0 amide bonds. The SMILES string of the molecule is Clc1cc(NSc2ccccc2)nc(Oc2ccccc2)n1. The van der Waals surface area contributed by atoms with Crippen molar-refractivity contribution in [3.8, 4) is 11.8 Å². The molecule has 0 atom stereocenters. The van der Waals surface area contributed by atoms with E-state index in [4.69, 9.17) is 16.3 Å². The molecule has 3 rings (SSSR count). The predicted molar refractivity (Wildman–Crippen MR) is 89.5 cm³/mol. The molecule has 0 aliphatic carbocycles. The molecule has 3 aromatic rings. The maximum absolute atomic E-state index is 6.02. The van der Waals surface area contributed by atoms with Crippen molar-refractivity contribution in [3.05, 3.63) is 71.9 Å². The summed E-state index contributed by atoms with van der Waals surface area (Å²) in [6.45, 7) is 0. The monoisotopic (exact) mass is 329 g/mol. The zero-order chi connectivity index (χ0) is 15.2. The molecule has 2 aromatic carbocycles. The van der Waals surface area contributed by atoms with E-state index in [1.165, 1.54) is 11.9 Å². The van der Waals surface area contributed by atoms with Crippen LogP contribution in [0, 0.1) is 0 Å². The molecule has 6 heteroatoms. The average molecular weight is 330 g/mol. The first-order valence-electron chi connectivity index (χ1n) is 6.55. The van der Waals surface area contributed by atoms with E-state index in [-0.39, 0.29) is 6.01 Å². The zero-order valence-electron chi connectivity index (χ0n) is 11.4. The molecule has 0 saturated heterocycles. The summed E-state index contributed by atoms with van der Waals surface area (Å²) < 4.78 is 8.73. The van der Waals surface area contributed by atoms with Crippen LogP contribution in [0.1, 0.15) is 0 Å². The number of nitrogens with zero attached hydrogens (tertiary/aromatic N) is 2. The van der Waals surface area contributed by atoms with E-state index in [0.717, 1.165) is 4.90 Å². The lowest BCUT2D eigenvalue weighted by atomic mass is 10.3. The molecule has 110 valence electrons. The van der Waals surface area contributed by atoms with E-state index < -0.39 is 0 Å². The summed E-state index contributed by atoms with van der Waals surface area (Å²) >= 11 is 7.46. The lowest BCUT2D eigenvalue weighted by molar-refractivity contribution is 0.443. The lowest BCUT2D eigenvalue weighted by Crippen LogP contribution is -1.96. The van der Waals surface area contributed by atoms with Crippen LogP contribution in [0.15, 0.2) is 71.6 Å². The smallest absolute Gasteiger partial charge is 0.325 e. The first-order valence-corrected chi connectivity index (χ1v) is 7.74. The highest BCUT2D eigenvalue weighted by atomic mass is 35.5. The van der Waals surface area contributed by atoms with Crippen molar-refractivity contribution in [2.75, 3.05) is 4.72 Å².